The zero-order valence-corrected chi connectivity index (χ0v) is 26.1. The quantitative estimate of drug-likeness (QED) is 0.188. The lowest BCUT2D eigenvalue weighted by Gasteiger charge is -2.38. The van der Waals surface area contributed by atoms with E-state index >= 15 is 0 Å². The first-order chi connectivity index (χ1) is 20.9. The summed E-state index contributed by atoms with van der Waals surface area (Å²) >= 11 is 0. The van der Waals surface area contributed by atoms with Crippen LogP contribution in [0.15, 0.2) is 133 Å². The molecule has 0 N–H and O–H groups in total. The molecular weight excluding hydrogens is 537 g/mol. The number of hydrogen-bond acceptors (Lipinski definition) is 1. The Morgan fingerprint density at radius 3 is 1.51 bits per heavy atom. The molecule has 43 heavy (non-hydrogen) atoms. The van der Waals surface area contributed by atoms with E-state index in [4.69, 9.17) is 4.74 Å². The molecule has 0 aromatic heterocycles. The summed E-state index contributed by atoms with van der Waals surface area (Å²) in [4.78, 5) is 0. The fraction of sp³-hybridized carbons (Fsp3) is 0.122. The van der Waals surface area contributed by atoms with Crippen LogP contribution in [0.4, 0.5) is 0 Å². The SMILES string of the molecule is CC1(C)c2ccccc2Oc2c1cccc2[Si](C)(C)c1ccc2c(c1)-c1ccccc1-c1ccccc1-c1ccccc1-2. The summed E-state index contributed by atoms with van der Waals surface area (Å²) in [6.07, 6.45) is 0. The molecule has 2 aliphatic rings. The summed E-state index contributed by atoms with van der Waals surface area (Å²) in [5.74, 6) is 2.02. The van der Waals surface area contributed by atoms with Gasteiger partial charge in [-0.05, 0) is 55.8 Å². The largest absolute Gasteiger partial charge is 0.457 e. The smallest absolute Gasteiger partial charge is 0.131 e. The van der Waals surface area contributed by atoms with Crippen LogP contribution < -0.4 is 15.1 Å². The van der Waals surface area contributed by atoms with Gasteiger partial charge in [-0.2, -0.15) is 0 Å². The molecule has 0 atom stereocenters. The second-order valence-electron chi connectivity index (χ2n) is 12.9. The van der Waals surface area contributed by atoms with E-state index in [-0.39, 0.29) is 5.41 Å². The topological polar surface area (TPSA) is 9.23 Å². The van der Waals surface area contributed by atoms with E-state index in [2.05, 4.69) is 160 Å². The second kappa shape index (κ2) is 9.42. The molecule has 6 aromatic carbocycles. The van der Waals surface area contributed by atoms with Crippen molar-refractivity contribution >= 4 is 18.4 Å². The lowest BCUT2D eigenvalue weighted by molar-refractivity contribution is 0.421. The Morgan fingerprint density at radius 2 is 0.930 bits per heavy atom. The van der Waals surface area contributed by atoms with Gasteiger partial charge in [-0.1, -0.05) is 160 Å². The van der Waals surface area contributed by atoms with Crippen molar-refractivity contribution in [1.29, 1.82) is 0 Å². The van der Waals surface area contributed by atoms with Crippen molar-refractivity contribution in [1.82, 2.24) is 0 Å². The van der Waals surface area contributed by atoms with E-state index in [0.717, 1.165) is 11.5 Å². The number of fused-ring (bicyclic) bond motifs is 10. The molecule has 1 nitrogen and oxygen atoms in total. The molecular formula is C41H34OSi. The minimum atomic E-state index is -2.22. The van der Waals surface area contributed by atoms with Gasteiger partial charge in [-0.25, -0.2) is 0 Å². The van der Waals surface area contributed by atoms with Crippen molar-refractivity contribution in [2.75, 3.05) is 0 Å². The maximum atomic E-state index is 6.78. The van der Waals surface area contributed by atoms with Gasteiger partial charge in [0.25, 0.3) is 0 Å². The van der Waals surface area contributed by atoms with Gasteiger partial charge in [0, 0.05) is 16.5 Å². The van der Waals surface area contributed by atoms with Gasteiger partial charge < -0.3 is 4.74 Å². The number of ether oxygens (including phenoxy) is 1. The minimum absolute atomic E-state index is 0.132. The first-order valence-electron chi connectivity index (χ1n) is 15.2. The summed E-state index contributed by atoms with van der Waals surface area (Å²) in [5.41, 5.74) is 12.7. The van der Waals surface area contributed by atoms with E-state index in [9.17, 15) is 0 Å². The fourth-order valence-electron chi connectivity index (χ4n) is 7.36. The van der Waals surface area contributed by atoms with Crippen LogP contribution in [-0.4, -0.2) is 8.07 Å². The maximum Gasteiger partial charge on any atom is 0.131 e. The average Bonchev–Trinajstić information content (AvgIpc) is 3.04. The molecule has 2 heteroatoms. The summed E-state index contributed by atoms with van der Waals surface area (Å²) in [6, 6.07) is 49.2. The van der Waals surface area contributed by atoms with Gasteiger partial charge in [0.05, 0.1) is 0 Å². The zero-order valence-electron chi connectivity index (χ0n) is 25.1. The highest BCUT2D eigenvalue weighted by molar-refractivity contribution is 7.01. The van der Waals surface area contributed by atoms with E-state index in [0.29, 0.717) is 0 Å². The van der Waals surface area contributed by atoms with Gasteiger partial charge in [0.15, 0.2) is 0 Å². The molecule has 0 saturated heterocycles. The van der Waals surface area contributed by atoms with Crippen molar-refractivity contribution in [2.24, 2.45) is 0 Å². The summed E-state index contributed by atoms with van der Waals surface area (Å²) < 4.78 is 6.78. The van der Waals surface area contributed by atoms with Gasteiger partial charge in [-0.15, -0.1) is 0 Å². The van der Waals surface area contributed by atoms with Crippen LogP contribution in [0, 0.1) is 0 Å². The molecule has 208 valence electrons. The summed E-state index contributed by atoms with van der Waals surface area (Å²) in [5, 5.41) is 2.75. The lowest BCUT2D eigenvalue weighted by Crippen LogP contribution is -2.54. The predicted molar refractivity (Wildman–Crippen MR) is 184 cm³/mol. The van der Waals surface area contributed by atoms with Gasteiger partial charge >= 0.3 is 0 Å². The van der Waals surface area contributed by atoms with Crippen LogP contribution in [0.2, 0.25) is 13.1 Å². The number of rotatable bonds is 2. The molecule has 0 radical (unpaired) electrons. The van der Waals surface area contributed by atoms with Gasteiger partial charge in [-0.3, -0.25) is 0 Å². The molecule has 1 heterocycles. The normalized spacial score (nSPS) is 14.0. The number of hydrogen-bond donors (Lipinski definition) is 0. The highest BCUT2D eigenvalue weighted by atomic mass is 28.3. The molecule has 0 unspecified atom stereocenters. The van der Waals surface area contributed by atoms with Crippen LogP contribution in [0.5, 0.6) is 11.5 Å². The van der Waals surface area contributed by atoms with Crippen LogP contribution in [0.1, 0.15) is 25.0 Å². The zero-order chi connectivity index (χ0) is 29.3. The second-order valence-corrected chi connectivity index (χ2v) is 17.3. The monoisotopic (exact) mass is 570 g/mol. The molecule has 8 rings (SSSR count). The molecule has 0 fully saturated rings. The summed E-state index contributed by atoms with van der Waals surface area (Å²) in [6.45, 7) is 9.59. The third-order valence-corrected chi connectivity index (χ3v) is 13.3. The van der Waals surface area contributed by atoms with E-state index < -0.39 is 8.07 Å². The molecule has 6 aromatic rings. The van der Waals surface area contributed by atoms with Gasteiger partial charge in [0.2, 0.25) is 0 Å². The first-order valence-corrected chi connectivity index (χ1v) is 18.2. The van der Waals surface area contributed by atoms with Crippen molar-refractivity contribution in [2.45, 2.75) is 32.4 Å². The number of para-hydroxylation sites is 2. The lowest BCUT2D eigenvalue weighted by atomic mass is 9.76. The molecule has 0 amide bonds. The molecule has 0 spiro atoms. The number of benzene rings is 6. The van der Waals surface area contributed by atoms with E-state index in [1.807, 2.05) is 0 Å². The standard InChI is InChI=1S/C41H34OSi/c1-41(2)36-20-11-12-22-38(36)42-40-37(41)21-13-23-39(40)43(3,4)27-24-25-34-32-18-8-7-16-30(32)28-14-5-6-15-29(28)31-17-9-10-19-33(31)35(34)26-27/h5-26H,1-4H3. The third-order valence-electron chi connectivity index (χ3n) is 9.82. The molecule has 1 aliphatic carbocycles. The van der Waals surface area contributed by atoms with Crippen molar-refractivity contribution in [3.05, 3.63) is 145 Å². The van der Waals surface area contributed by atoms with Crippen LogP contribution in [0.25, 0.3) is 44.5 Å². The van der Waals surface area contributed by atoms with Crippen molar-refractivity contribution in [3.63, 3.8) is 0 Å². The Labute approximate surface area is 255 Å². The van der Waals surface area contributed by atoms with E-state index in [1.165, 1.54) is 66.0 Å². The Morgan fingerprint density at radius 1 is 0.465 bits per heavy atom. The van der Waals surface area contributed by atoms with Crippen LogP contribution in [0.3, 0.4) is 0 Å². The van der Waals surface area contributed by atoms with Gasteiger partial charge in [0.1, 0.15) is 19.6 Å². The van der Waals surface area contributed by atoms with Crippen LogP contribution >= 0.6 is 0 Å². The Balaban J connectivity index is 1.35. The van der Waals surface area contributed by atoms with Crippen molar-refractivity contribution in [3.8, 4) is 56.0 Å². The third kappa shape index (κ3) is 3.83. The minimum Gasteiger partial charge on any atom is -0.457 e. The summed E-state index contributed by atoms with van der Waals surface area (Å²) in [7, 11) is -2.22. The maximum absolute atomic E-state index is 6.78. The molecule has 0 saturated carbocycles. The van der Waals surface area contributed by atoms with Crippen molar-refractivity contribution < 1.29 is 4.74 Å². The average molecular weight is 571 g/mol. The molecule has 1 aliphatic heterocycles. The molecule has 0 bridgehead atoms. The Kier molecular flexibility index (Phi) is 5.70. The first kappa shape index (κ1) is 26.0. The Bertz CT molecular complexity index is 2060. The highest BCUT2D eigenvalue weighted by Gasteiger charge is 2.39. The predicted octanol–water partition coefficient (Wildman–Crippen LogP) is 9.92. The van der Waals surface area contributed by atoms with E-state index in [1.54, 1.807) is 0 Å². The highest BCUT2D eigenvalue weighted by Crippen LogP contribution is 2.49. The van der Waals surface area contributed by atoms with Crippen LogP contribution in [-0.2, 0) is 5.41 Å². The fourth-order valence-corrected chi connectivity index (χ4v) is 9.95. The Hall–Kier alpha value is -4.66.